The fourth-order valence-corrected chi connectivity index (χ4v) is 2.55. The van der Waals surface area contributed by atoms with Gasteiger partial charge >= 0.3 is 0 Å². The van der Waals surface area contributed by atoms with Gasteiger partial charge in [0.2, 0.25) is 0 Å². The van der Waals surface area contributed by atoms with Gasteiger partial charge < -0.3 is 15.2 Å². The highest BCUT2D eigenvalue weighted by Crippen LogP contribution is 2.29. The largest absolute Gasteiger partial charge is 0.493 e. The van der Waals surface area contributed by atoms with E-state index in [0.29, 0.717) is 17.1 Å². The SMILES string of the molecule is CCS(=O)(=O)CC(N)c1ccc(OC)c(OC)c1. The number of hydrogen-bond acceptors (Lipinski definition) is 5. The van der Waals surface area contributed by atoms with Crippen molar-refractivity contribution < 1.29 is 17.9 Å². The molecule has 5 nitrogen and oxygen atoms in total. The first-order valence-corrected chi connectivity index (χ1v) is 7.43. The van der Waals surface area contributed by atoms with Gasteiger partial charge in [-0.3, -0.25) is 0 Å². The van der Waals surface area contributed by atoms with Crippen molar-refractivity contribution in [3.63, 3.8) is 0 Å². The predicted molar refractivity (Wildman–Crippen MR) is 70.8 cm³/mol. The predicted octanol–water partition coefficient (Wildman–Crippen LogP) is 1.14. The second-order valence-corrected chi connectivity index (χ2v) is 6.32. The zero-order chi connectivity index (χ0) is 13.8. The molecule has 0 aliphatic heterocycles. The molecule has 18 heavy (non-hydrogen) atoms. The summed E-state index contributed by atoms with van der Waals surface area (Å²) in [5.41, 5.74) is 6.61. The Kier molecular flexibility index (Phi) is 4.98. The molecule has 0 aliphatic carbocycles. The van der Waals surface area contributed by atoms with Crippen molar-refractivity contribution in [2.24, 2.45) is 5.73 Å². The molecule has 0 amide bonds. The third-order valence-corrected chi connectivity index (χ3v) is 4.46. The van der Waals surface area contributed by atoms with Gasteiger partial charge in [-0.05, 0) is 17.7 Å². The van der Waals surface area contributed by atoms with Crippen molar-refractivity contribution in [1.29, 1.82) is 0 Å². The van der Waals surface area contributed by atoms with Crippen LogP contribution in [0.25, 0.3) is 0 Å². The van der Waals surface area contributed by atoms with Crippen LogP contribution in [-0.4, -0.2) is 34.1 Å². The van der Waals surface area contributed by atoms with Gasteiger partial charge in [0.25, 0.3) is 0 Å². The number of methoxy groups -OCH3 is 2. The number of nitrogens with two attached hydrogens (primary N) is 1. The van der Waals surface area contributed by atoms with E-state index >= 15 is 0 Å². The average Bonchev–Trinajstić information content (AvgIpc) is 2.37. The van der Waals surface area contributed by atoms with Crippen molar-refractivity contribution in [1.82, 2.24) is 0 Å². The Morgan fingerprint density at radius 3 is 2.33 bits per heavy atom. The Morgan fingerprint density at radius 1 is 1.22 bits per heavy atom. The molecule has 1 atom stereocenters. The molecule has 1 unspecified atom stereocenters. The van der Waals surface area contributed by atoms with Crippen molar-refractivity contribution in [3.8, 4) is 11.5 Å². The minimum atomic E-state index is -3.10. The minimum absolute atomic E-state index is 0.0705. The molecule has 0 aliphatic rings. The van der Waals surface area contributed by atoms with Crippen LogP contribution in [0.5, 0.6) is 11.5 Å². The molecule has 1 rings (SSSR count). The zero-order valence-electron chi connectivity index (χ0n) is 10.8. The van der Waals surface area contributed by atoms with E-state index in [1.54, 1.807) is 32.2 Å². The molecular weight excluding hydrogens is 254 g/mol. The Bertz CT molecular complexity index is 499. The highest BCUT2D eigenvalue weighted by atomic mass is 32.2. The Hall–Kier alpha value is -1.27. The van der Waals surface area contributed by atoms with Gasteiger partial charge in [0, 0.05) is 11.8 Å². The van der Waals surface area contributed by atoms with Gasteiger partial charge in [0.15, 0.2) is 21.3 Å². The van der Waals surface area contributed by atoms with E-state index in [9.17, 15) is 8.42 Å². The molecule has 0 heterocycles. The van der Waals surface area contributed by atoms with Gasteiger partial charge in [-0.25, -0.2) is 8.42 Å². The first-order valence-electron chi connectivity index (χ1n) is 5.61. The lowest BCUT2D eigenvalue weighted by Gasteiger charge is -2.14. The van der Waals surface area contributed by atoms with Crippen LogP contribution in [-0.2, 0) is 9.84 Å². The van der Waals surface area contributed by atoms with E-state index in [2.05, 4.69) is 0 Å². The van der Waals surface area contributed by atoms with Gasteiger partial charge in [-0.2, -0.15) is 0 Å². The van der Waals surface area contributed by atoms with Crippen molar-refractivity contribution in [2.45, 2.75) is 13.0 Å². The Morgan fingerprint density at radius 2 is 1.83 bits per heavy atom. The van der Waals surface area contributed by atoms with Crippen LogP contribution in [0.2, 0.25) is 0 Å². The minimum Gasteiger partial charge on any atom is -0.493 e. The second-order valence-electron chi connectivity index (χ2n) is 3.92. The zero-order valence-corrected chi connectivity index (χ0v) is 11.7. The van der Waals surface area contributed by atoms with Crippen LogP contribution < -0.4 is 15.2 Å². The maximum Gasteiger partial charge on any atom is 0.161 e. The standard InChI is InChI=1S/C12H19NO4S/c1-4-18(14,15)8-10(13)9-5-6-11(16-2)12(7-9)17-3/h5-7,10H,4,8,13H2,1-3H3. The summed E-state index contributed by atoms with van der Waals surface area (Å²) in [5, 5.41) is 0. The molecule has 0 spiro atoms. The molecule has 0 radical (unpaired) electrons. The molecule has 102 valence electrons. The maximum atomic E-state index is 11.5. The summed E-state index contributed by atoms with van der Waals surface area (Å²) in [6, 6.07) is 4.60. The van der Waals surface area contributed by atoms with E-state index in [-0.39, 0.29) is 11.5 Å². The summed E-state index contributed by atoms with van der Waals surface area (Å²) in [4.78, 5) is 0. The molecule has 1 aromatic rings. The summed E-state index contributed by atoms with van der Waals surface area (Å²) < 4.78 is 33.3. The van der Waals surface area contributed by atoms with E-state index in [0.717, 1.165) is 0 Å². The van der Waals surface area contributed by atoms with Gasteiger partial charge in [0.1, 0.15) is 0 Å². The number of ether oxygens (including phenoxy) is 2. The number of hydrogen-bond donors (Lipinski definition) is 1. The Labute approximate surface area is 108 Å². The molecular formula is C12H19NO4S. The lowest BCUT2D eigenvalue weighted by atomic mass is 10.1. The van der Waals surface area contributed by atoms with Crippen molar-refractivity contribution >= 4 is 9.84 Å². The van der Waals surface area contributed by atoms with Crippen LogP contribution in [0.3, 0.4) is 0 Å². The average molecular weight is 273 g/mol. The third kappa shape index (κ3) is 3.61. The third-order valence-electron chi connectivity index (χ3n) is 2.71. The summed E-state index contributed by atoms with van der Waals surface area (Å²) in [7, 11) is -0.0348. The van der Waals surface area contributed by atoms with Crippen LogP contribution in [0.15, 0.2) is 18.2 Å². The molecule has 0 aromatic heterocycles. The second kappa shape index (κ2) is 6.06. The summed E-state index contributed by atoms with van der Waals surface area (Å²) in [5.74, 6) is 1.15. The van der Waals surface area contributed by atoms with Crippen molar-refractivity contribution in [3.05, 3.63) is 23.8 Å². The number of rotatable bonds is 6. The molecule has 0 bridgehead atoms. The summed E-state index contributed by atoms with van der Waals surface area (Å²) in [6.07, 6.45) is 0. The fraction of sp³-hybridized carbons (Fsp3) is 0.500. The van der Waals surface area contributed by atoms with Crippen LogP contribution >= 0.6 is 0 Å². The topological polar surface area (TPSA) is 78.6 Å². The smallest absolute Gasteiger partial charge is 0.161 e. The highest BCUT2D eigenvalue weighted by Gasteiger charge is 2.17. The van der Waals surface area contributed by atoms with E-state index < -0.39 is 15.9 Å². The quantitative estimate of drug-likeness (QED) is 0.840. The molecule has 0 saturated carbocycles. The normalized spacial score (nSPS) is 13.1. The number of benzene rings is 1. The maximum absolute atomic E-state index is 11.5. The molecule has 0 saturated heterocycles. The van der Waals surface area contributed by atoms with Crippen LogP contribution in [0.1, 0.15) is 18.5 Å². The lowest BCUT2D eigenvalue weighted by molar-refractivity contribution is 0.354. The lowest BCUT2D eigenvalue weighted by Crippen LogP contribution is -2.22. The first kappa shape index (κ1) is 14.8. The van der Waals surface area contributed by atoms with E-state index in [1.165, 1.54) is 7.11 Å². The Balaban J connectivity index is 2.97. The van der Waals surface area contributed by atoms with Gasteiger partial charge in [-0.15, -0.1) is 0 Å². The van der Waals surface area contributed by atoms with Crippen LogP contribution in [0.4, 0.5) is 0 Å². The monoisotopic (exact) mass is 273 g/mol. The molecule has 6 heteroatoms. The summed E-state index contributed by atoms with van der Waals surface area (Å²) in [6.45, 7) is 1.61. The van der Waals surface area contributed by atoms with Crippen molar-refractivity contribution in [2.75, 3.05) is 25.7 Å². The molecule has 1 aromatic carbocycles. The van der Waals surface area contributed by atoms with Crippen LogP contribution in [0, 0.1) is 0 Å². The summed E-state index contributed by atoms with van der Waals surface area (Å²) >= 11 is 0. The van der Waals surface area contributed by atoms with Gasteiger partial charge in [0.05, 0.1) is 20.0 Å². The van der Waals surface area contributed by atoms with Gasteiger partial charge in [-0.1, -0.05) is 13.0 Å². The van der Waals surface area contributed by atoms with E-state index in [4.69, 9.17) is 15.2 Å². The van der Waals surface area contributed by atoms with E-state index in [1.807, 2.05) is 0 Å². The fourth-order valence-electron chi connectivity index (χ4n) is 1.57. The molecule has 2 N–H and O–H groups in total. The first-order chi connectivity index (χ1) is 8.43. The number of sulfone groups is 1. The molecule has 0 fully saturated rings. The highest BCUT2D eigenvalue weighted by molar-refractivity contribution is 7.91.